The summed E-state index contributed by atoms with van der Waals surface area (Å²) in [7, 11) is 1.95. The number of nitrogens with zero attached hydrogens (tertiary/aromatic N) is 3. The minimum Gasteiger partial charge on any atom is -0.394 e. The van der Waals surface area contributed by atoms with Crippen LogP contribution in [0.1, 0.15) is 25.7 Å². The van der Waals surface area contributed by atoms with Crippen molar-refractivity contribution in [1.29, 1.82) is 0 Å². The van der Waals surface area contributed by atoms with Crippen LogP contribution >= 0.6 is 0 Å². The lowest BCUT2D eigenvalue weighted by Gasteiger charge is -2.22. The molecule has 0 spiro atoms. The van der Waals surface area contributed by atoms with Crippen LogP contribution in [-0.2, 0) is 7.05 Å². The van der Waals surface area contributed by atoms with Crippen molar-refractivity contribution in [2.24, 2.45) is 7.05 Å². The maximum Gasteiger partial charge on any atom is 0.150 e. The van der Waals surface area contributed by atoms with Crippen molar-refractivity contribution in [2.45, 2.75) is 25.7 Å². The van der Waals surface area contributed by atoms with E-state index >= 15 is 0 Å². The largest absolute Gasteiger partial charge is 0.394 e. The molecule has 0 atom stereocenters. The molecule has 78 valence electrons. The molecule has 0 radical (unpaired) electrons. The lowest BCUT2D eigenvalue weighted by atomic mass is 10.2. The lowest BCUT2D eigenvalue weighted by molar-refractivity contribution is 0.702. The molecule has 1 fully saturated rings. The quantitative estimate of drug-likeness (QED) is 0.734. The van der Waals surface area contributed by atoms with Crippen molar-refractivity contribution in [1.82, 2.24) is 9.78 Å². The van der Waals surface area contributed by atoms with Crippen LogP contribution in [0.2, 0.25) is 0 Å². The predicted octanol–water partition coefficient (Wildman–Crippen LogP) is 1.38. The highest BCUT2D eigenvalue weighted by Gasteiger charge is 2.15. The molecule has 1 aromatic rings. The van der Waals surface area contributed by atoms with Crippen molar-refractivity contribution in [3.8, 4) is 0 Å². The van der Waals surface area contributed by atoms with Crippen LogP contribution in [0.25, 0.3) is 0 Å². The summed E-state index contributed by atoms with van der Waals surface area (Å²) in [4.78, 5) is 2.36. The first-order valence-electron chi connectivity index (χ1n) is 5.31. The van der Waals surface area contributed by atoms with Gasteiger partial charge in [-0.2, -0.15) is 5.10 Å². The molecule has 0 bridgehead atoms. The Balaban J connectivity index is 2.19. The normalized spacial score (nSPS) is 18.2. The fourth-order valence-electron chi connectivity index (χ4n) is 2.12. The van der Waals surface area contributed by atoms with Crippen molar-refractivity contribution < 1.29 is 0 Å². The minimum atomic E-state index is 0.800. The van der Waals surface area contributed by atoms with Crippen molar-refractivity contribution in [2.75, 3.05) is 23.7 Å². The van der Waals surface area contributed by atoms with Crippen LogP contribution in [0.4, 0.5) is 11.5 Å². The zero-order valence-electron chi connectivity index (χ0n) is 8.74. The summed E-state index contributed by atoms with van der Waals surface area (Å²) in [6, 6.07) is 0. The van der Waals surface area contributed by atoms with Crippen molar-refractivity contribution in [3.05, 3.63) is 6.20 Å². The molecule has 0 aliphatic carbocycles. The second-order valence-electron chi connectivity index (χ2n) is 3.95. The summed E-state index contributed by atoms with van der Waals surface area (Å²) >= 11 is 0. The van der Waals surface area contributed by atoms with E-state index in [1.165, 1.54) is 25.7 Å². The molecule has 1 aliphatic rings. The first-order valence-corrected chi connectivity index (χ1v) is 5.31. The Labute approximate surface area is 84.7 Å². The number of nitrogen functional groups attached to an aromatic ring is 1. The monoisotopic (exact) mass is 194 g/mol. The number of hydrogen-bond acceptors (Lipinski definition) is 3. The highest BCUT2D eigenvalue weighted by atomic mass is 15.4. The molecule has 0 amide bonds. The van der Waals surface area contributed by atoms with E-state index in [1.54, 1.807) is 6.20 Å². The molecule has 2 rings (SSSR count). The molecule has 0 unspecified atom stereocenters. The van der Waals surface area contributed by atoms with E-state index in [4.69, 9.17) is 5.73 Å². The Hall–Kier alpha value is -1.19. The maximum atomic E-state index is 5.90. The molecular formula is C10H18N4. The van der Waals surface area contributed by atoms with Crippen LogP contribution < -0.4 is 10.6 Å². The van der Waals surface area contributed by atoms with Gasteiger partial charge in [-0.3, -0.25) is 4.68 Å². The van der Waals surface area contributed by atoms with Gasteiger partial charge < -0.3 is 10.6 Å². The van der Waals surface area contributed by atoms with Gasteiger partial charge >= 0.3 is 0 Å². The van der Waals surface area contributed by atoms with Gasteiger partial charge in [0, 0.05) is 20.1 Å². The molecular weight excluding hydrogens is 176 g/mol. The molecule has 1 aromatic heterocycles. The highest BCUT2D eigenvalue weighted by molar-refractivity contribution is 5.62. The van der Waals surface area contributed by atoms with Crippen LogP contribution in [0.15, 0.2) is 6.20 Å². The highest BCUT2D eigenvalue weighted by Crippen LogP contribution is 2.24. The topological polar surface area (TPSA) is 47.1 Å². The number of anilines is 2. The van der Waals surface area contributed by atoms with Crippen LogP contribution in [-0.4, -0.2) is 22.9 Å². The summed E-state index contributed by atoms with van der Waals surface area (Å²) in [6.07, 6.45) is 6.96. The molecule has 14 heavy (non-hydrogen) atoms. The Bertz CT molecular complexity index is 278. The van der Waals surface area contributed by atoms with E-state index in [2.05, 4.69) is 10.00 Å². The lowest BCUT2D eigenvalue weighted by Crippen LogP contribution is -2.26. The summed E-state index contributed by atoms with van der Waals surface area (Å²) in [5.41, 5.74) is 6.70. The first-order chi connectivity index (χ1) is 6.79. The Morgan fingerprint density at radius 1 is 1.21 bits per heavy atom. The smallest absolute Gasteiger partial charge is 0.150 e. The van der Waals surface area contributed by atoms with E-state index in [0.717, 1.165) is 24.6 Å². The second-order valence-corrected chi connectivity index (χ2v) is 3.95. The fraction of sp³-hybridized carbons (Fsp3) is 0.700. The minimum absolute atomic E-state index is 0.800. The summed E-state index contributed by atoms with van der Waals surface area (Å²) in [5.74, 6) is 1.09. The number of aromatic nitrogens is 2. The molecule has 0 saturated carbocycles. The number of hydrogen-bond donors (Lipinski definition) is 1. The average molecular weight is 194 g/mol. The van der Waals surface area contributed by atoms with Gasteiger partial charge in [-0.05, 0) is 12.8 Å². The maximum absolute atomic E-state index is 5.90. The van der Waals surface area contributed by atoms with Gasteiger partial charge in [-0.15, -0.1) is 0 Å². The standard InChI is InChI=1S/C10H18N4/c1-13-10(9(11)8-12-13)14-6-4-2-3-5-7-14/h8H,2-7,11H2,1H3. The predicted molar refractivity (Wildman–Crippen MR) is 58.3 cm³/mol. The van der Waals surface area contributed by atoms with Gasteiger partial charge in [0.2, 0.25) is 0 Å². The number of nitrogens with two attached hydrogens (primary N) is 1. The molecule has 1 aliphatic heterocycles. The molecule has 4 heteroatoms. The van der Waals surface area contributed by atoms with Crippen LogP contribution in [0, 0.1) is 0 Å². The molecule has 0 aromatic carbocycles. The number of rotatable bonds is 1. The second kappa shape index (κ2) is 3.90. The van der Waals surface area contributed by atoms with Gasteiger partial charge in [0.25, 0.3) is 0 Å². The first kappa shape index (κ1) is 9.37. The van der Waals surface area contributed by atoms with E-state index in [1.807, 2.05) is 11.7 Å². The van der Waals surface area contributed by atoms with E-state index in [0.29, 0.717) is 0 Å². The third-order valence-electron chi connectivity index (χ3n) is 2.84. The van der Waals surface area contributed by atoms with Gasteiger partial charge in [-0.25, -0.2) is 0 Å². The van der Waals surface area contributed by atoms with Crippen LogP contribution in [0.3, 0.4) is 0 Å². The third-order valence-corrected chi connectivity index (χ3v) is 2.84. The SMILES string of the molecule is Cn1ncc(N)c1N1CCCCCC1. The molecule has 2 N–H and O–H groups in total. The average Bonchev–Trinajstić information content (AvgIpc) is 2.45. The molecule has 1 saturated heterocycles. The van der Waals surface area contributed by atoms with Gasteiger partial charge in [0.05, 0.1) is 11.9 Å². The Morgan fingerprint density at radius 2 is 1.86 bits per heavy atom. The summed E-state index contributed by atoms with van der Waals surface area (Å²) in [6.45, 7) is 2.23. The summed E-state index contributed by atoms with van der Waals surface area (Å²) < 4.78 is 1.88. The van der Waals surface area contributed by atoms with E-state index < -0.39 is 0 Å². The van der Waals surface area contributed by atoms with Crippen LogP contribution in [0.5, 0.6) is 0 Å². The zero-order valence-corrected chi connectivity index (χ0v) is 8.74. The Kier molecular flexibility index (Phi) is 2.61. The zero-order chi connectivity index (χ0) is 9.97. The molecule has 4 nitrogen and oxygen atoms in total. The van der Waals surface area contributed by atoms with Gasteiger partial charge in [0.15, 0.2) is 0 Å². The third kappa shape index (κ3) is 1.69. The summed E-state index contributed by atoms with van der Waals surface area (Å²) in [5, 5.41) is 4.17. The van der Waals surface area contributed by atoms with Crippen molar-refractivity contribution >= 4 is 11.5 Å². The van der Waals surface area contributed by atoms with E-state index in [9.17, 15) is 0 Å². The Morgan fingerprint density at radius 3 is 2.36 bits per heavy atom. The number of aryl methyl sites for hydroxylation is 1. The fourth-order valence-corrected chi connectivity index (χ4v) is 2.12. The van der Waals surface area contributed by atoms with E-state index in [-0.39, 0.29) is 0 Å². The van der Waals surface area contributed by atoms with Gasteiger partial charge in [-0.1, -0.05) is 12.8 Å². The van der Waals surface area contributed by atoms with Crippen molar-refractivity contribution in [3.63, 3.8) is 0 Å². The molecule has 2 heterocycles. The van der Waals surface area contributed by atoms with Gasteiger partial charge in [0.1, 0.15) is 5.82 Å².